The number of carbonyl (C=O) groups excluding carboxylic acids is 1. The summed E-state index contributed by atoms with van der Waals surface area (Å²) in [6.07, 6.45) is 0. The van der Waals surface area contributed by atoms with Gasteiger partial charge in [0.05, 0.1) is 12.7 Å². The first kappa shape index (κ1) is 12.6. The molecule has 1 heterocycles. The molecule has 0 atom stereocenters. The first-order valence-electron chi connectivity index (χ1n) is 3.93. The largest absolute Gasteiger partial charge is 0.465 e. The minimum atomic E-state index is -4.30. The highest BCUT2D eigenvalue weighted by molar-refractivity contribution is 7.85. The van der Waals surface area contributed by atoms with E-state index in [1.54, 1.807) is 6.07 Å². The average Bonchev–Trinajstić information content (AvgIpc) is 2.57. The fraction of sp³-hybridized carbons (Fsp3) is 0.250. The van der Waals surface area contributed by atoms with E-state index in [9.17, 15) is 13.2 Å². The van der Waals surface area contributed by atoms with Gasteiger partial charge in [0.1, 0.15) is 16.7 Å². The Morgan fingerprint density at radius 3 is 2.75 bits per heavy atom. The summed E-state index contributed by atoms with van der Waals surface area (Å²) in [6, 6.07) is 1.75. The summed E-state index contributed by atoms with van der Waals surface area (Å²) in [7, 11) is -3.15. The molecule has 0 saturated heterocycles. The molecule has 0 amide bonds. The Labute approximate surface area is 95.8 Å². The summed E-state index contributed by atoms with van der Waals surface area (Å²) >= 11 is 0.923. The van der Waals surface area contributed by atoms with E-state index in [0.29, 0.717) is 0 Å². The lowest BCUT2D eigenvalue weighted by molar-refractivity contribution is 0.0600. The van der Waals surface area contributed by atoms with Gasteiger partial charge in [-0.05, 0) is 0 Å². The molecular formula is C8H7NO5S2. The number of carbonyl (C=O) groups is 1. The normalized spacial score (nSPS) is 10.8. The van der Waals surface area contributed by atoms with Gasteiger partial charge in [0, 0.05) is 10.9 Å². The Kier molecular flexibility index (Phi) is 3.64. The maximum atomic E-state index is 11.2. The zero-order valence-electron chi connectivity index (χ0n) is 8.13. The summed E-state index contributed by atoms with van der Waals surface area (Å²) in [4.78, 5) is 11.3. The van der Waals surface area contributed by atoms with E-state index in [2.05, 4.69) is 4.74 Å². The first-order chi connectivity index (χ1) is 7.39. The molecule has 86 valence electrons. The predicted molar refractivity (Wildman–Crippen MR) is 55.6 cm³/mol. The van der Waals surface area contributed by atoms with E-state index < -0.39 is 21.8 Å². The van der Waals surface area contributed by atoms with Crippen LogP contribution in [-0.4, -0.2) is 26.0 Å². The molecule has 1 aromatic heterocycles. The second-order valence-corrected chi connectivity index (χ2v) is 5.12. The Morgan fingerprint density at radius 1 is 1.69 bits per heavy atom. The van der Waals surface area contributed by atoms with Crippen LogP contribution in [-0.2, 0) is 20.6 Å². The molecule has 1 aromatic rings. The van der Waals surface area contributed by atoms with Gasteiger partial charge in [-0.25, -0.2) is 4.79 Å². The van der Waals surface area contributed by atoms with Gasteiger partial charge in [-0.2, -0.15) is 13.7 Å². The minimum absolute atomic E-state index is 0.0123. The van der Waals surface area contributed by atoms with Crippen LogP contribution in [0.2, 0.25) is 0 Å². The second kappa shape index (κ2) is 4.61. The smallest absolute Gasteiger partial charge is 0.339 e. The minimum Gasteiger partial charge on any atom is -0.465 e. The van der Waals surface area contributed by atoms with E-state index in [0.717, 1.165) is 18.4 Å². The number of ether oxygens (including phenoxy) is 1. The summed E-state index contributed by atoms with van der Waals surface area (Å²) in [5.74, 6) is -1.51. The molecule has 6 nitrogen and oxygen atoms in total. The Hall–Kier alpha value is -1.43. The van der Waals surface area contributed by atoms with Crippen molar-refractivity contribution in [2.24, 2.45) is 0 Å². The van der Waals surface area contributed by atoms with Crippen molar-refractivity contribution in [3.8, 4) is 6.07 Å². The molecule has 8 heteroatoms. The van der Waals surface area contributed by atoms with Crippen molar-refractivity contribution in [3.63, 3.8) is 0 Å². The molecule has 0 aliphatic heterocycles. The van der Waals surface area contributed by atoms with Crippen LogP contribution in [0.3, 0.4) is 0 Å². The molecule has 0 saturated carbocycles. The standard InChI is InChI=1S/C8H7NO5S2/c1-14-8(10)5-3-15-7(2-9)6(5)4-16(11,12)13/h3H,4H2,1H3,(H,11,12,13). The van der Waals surface area contributed by atoms with Crippen LogP contribution < -0.4 is 0 Å². The number of rotatable bonds is 3. The SMILES string of the molecule is COC(=O)c1csc(C#N)c1CS(=O)(=O)O. The van der Waals surface area contributed by atoms with Gasteiger partial charge in [0.2, 0.25) is 0 Å². The Bertz CT molecular complexity index is 551. The number of hydrogen-bond acceptors (Lipinski definition) is 6. The monoisotopic (exact) mass is 261 g/mol. The molecule has 0 radical (unpaired) electrons. The van der Waals surface area contributed by atoms with E-state index >= 15 is 0 Å². The van der Waals surface area contributed by atoms with Crippen LogP contribution in [0.1, 0.15) is 20.8 Å². The van der Waals surface area contributed by atoms with Crippen LogP contribution >= 0.6 is 11.3 Å². The van der Waals surface area contributed by atoms with Crippen LogP contribution in [0.25, 0.3) is 0 Å². The molecule has 0 fully saturated rings. The van der Waals surface area contributed by atoms with Gasteiger partial charge in [0.15, 0.2) is 0 Å². The van der Waals surface area contributed by atoms with Crippen molar-refractivity contribution < 1.29 is 22.5 Å². The fourth-order valence-electron chi connectivity index (χ4n) is 1.08. The zero-order valence-corrected chi connectivity index (χ0v) is 9.76. The van der Waals surface area contributed by atoms with Crippen LogP contribution in [0.15, 0.2) is 5.38 Å². The highest BCUT2D eigenvalue weighted by Crippen LogP contribution is 2.24. The molecule has 0 aromatic carbocycles. The quantitative estimate of drug-likeness (QED) is 0.637. The van der Waals surface area contributed by atoms with E-state index in [1.165, 1.54) is 5.38 Å². The van der Waals surface area contributed by atoms with Gasteiger partial charge in [-0.1, -0.05) is 0 Å². The summed E-state index contributed by atoms with van der Waals surface area (Å²) in [5.41, 5.74) is -0.0384. The highest BCUT2D eigenvalue weighted by Gasteiger charge is 2.22. The highest BCUT2D eigenvalue weighted by atomic mass is 32.2. The van der Waals surface area contributed by atoms with Crippen molar-refractivity contribution in [1.82, 2.24) is 0 Å². The van der Waals surface area contributed by atoms with Gasteiger partial charge < -0.3 is 4.74 Å². The molecule has 0 spiro atoms. The Morgan fingerprint density at radius 2 is 2.31 bits per heavy atom. The lowest BCUT2D eigenvalue weighted by Gasteiger charge is -2.00. The average molecular weight is 261 g/mol. The van der Waals surface area contributed by atoms with Crippen LogP contribution in [0, 0.1) is 11.3 Å². The van der Waals surface area contributed by atoms with Crippen LogP contribution in [0.4, 0.5) is 0 Å². The summed E-state index contributed by atoms with van der Waals surface area (Å²) in [5, 5.41) is 10.0. The third-order valence-electron chi connectivity index (χ3n) is 1.73. The number of nitriles is 1. The lowest BCUT2D eigenvalue weighted by atomic mass is 10.2. The van der Waals surface area contributed by atoms with Crippen molar-refractivity contribution in [1.29, 1.82) is 5.26 Å². The third kappa shape index (κ3) is 2.79. The molecule has 1 N–H and O–H groups in total. The van der Waals surface area contributed by atoms with Gasteiger partial charge in [-0.15, -0.1) is 11.3 Å². The Balaban J connectivity index is 3.28. The van der Waals surface area contributed by atoms with Gasteiger partial charge >= 0.3 is 5.97 Å². The number of esters is 1. The van der Waals surface area contributed by atoms with Crippen molar-refractivity contribution in [2.75, 3.05) is 7.11 Å². The molecule has 16 heavy (non-hydrogen) atoms. The summed E-state index contributed by atoms with van der Waals surface area (Å²) in [6.45, 7) is 0. The zero-order chi connectivity index (χ0) is 12.3. The third-order valence-corrected chi connectivity index (χ3v) is 3.31. The molecule has 1 rings (SSSR count). The topological polar surface area (TPSA) is 104 Å². The van der Waals surface area contributed by atoms with E-state index in [1.807, 2.05) is 0 Å². The number of thiophene rings is 1. The summed E-state index contributed by atoms with van der Waals surface area (Å²) < 4.78 is 34.6. The van der Waals surface area contributed by atoms with Crippen LogP contribution in [0.5, 0.6) is 0 Å². The molecule has 0 aliphatic carbocycles. The van der Waals surface area contributed by atoms with Gasteiger partial charge in [0.25, 0.3) is 10.1 Å². The molecule has 0 unspecified atom stereocenters. The number of nitrogens with zero attached hydrogens (tertiary/aromatic N) is 1. The first-order valence-corrected chi connectivity index (χ1v) is 6.42. The van der Waals surface area contributed by atoms with Crippen molar-refractivity contribution in [2.45, 2.75) is 5.75 Å². The number of methoxy groups -OCH3 is 1. The lowest BCUT2D eigenvalue weighted by Crippen LogP contribution is -2.08. The maximum absolute atomic E-state index is 11.2. The predicted octanol–water partition coefficient (Wildman–Crippen LogP) is 0.794. The number of hydrogen-bond donors (Lipinski definition) is 1. The molecule has 0 aliphatic rings. The van der Waals surface area contributed by atoms with E-state index in [4.69, 9.17) is 9.81 Å². The molecular weight excluding hydrogens is 254 g/mol. The van der Waals surface area contributed by atoms with E-state index in [-0.39, 0.29) is 16.0 Å². The van der Waals surface area contributed by atoms with Crippen molar-refractivity contribution >= 4 is 27.4 Å². The van der Waals surface area contributed by atoms with Gasteiger partial charge in [-0.3, -0.25) is 4.55 Å². The maximum Gasteiger partial charge on any atom is 0.339 e. The van der Waals surface area contributed by atoms with Crippen molar-refractivity contribution in [3.05, 3.63) is 21.4 Å². The fourth-order valence-corrected chi connectivity index (χ4v) is 2.69. The second-order valence-electron chi connectivity index (χ2n) is 2.79. The molecule has 0 bridgehead atoms.